The highest BCUT2D eigenvalue weighted by Crippen LogP contribution is 2.53. The van der Waals surface area contributed by atoms with Gasteiger partial charge in [0.2, 0.25) is 17.7 Å². The zero-order valence-corrected chi connectivity index (χ0v) is 23.2. The van der Waals surface area contributed by atoms with Gasteiger partial charge in [-0.25, -0.2) is 13.7 Å². The predicted octanol–water partition coefficient (Wildman–Crippen LogP) is 5.64. The lowest BCUT2D eigenvalue weighted by Crippen LogP contribution is -2.33. The number of anilines is 2. The number of amides is 3. The number of para-hydroxylation sites is 1. The van der Waals surface area contributed by atoms with E-state index in [9.17, 15) is 41.1 Å². The van der Waals surface area contributed by atoms with E-state index >= 15 is 0 Å². The molecule has 1 N–H and O–H groups in total. The molecule has 6 rings (SSSR count). The summed E-state index contributed by atoms with van der Waals surface area (Å²) in [5.41, 5.74) is -0.960. The summed E-state index contributed by atoms with van der Waals surface area (Å²) >= 11 is 1.63. The number of imide groups is 1. The van der Waals surface area contributed by atoms with Crippen LogP contribution in [0.5, 0.6) is 0 Å². The van der Waals surface area contributed by atoms with Gasteiger partial charge in [0.25, 0.3) is 0 Å². The number of thioether (sulfide) groups is 1. The van der Waals surface area contributed by atoms with Crippen LogP contribution in [0.3, 0.4) is 0 Å². The first kappa shape index (κ1) is 28.8. The number of nitrogens with zero attached hydrogens (tertiary/aromatic N) is 2. The molecular formula is C29H18F5N3O4S2. The van der Waals surface area contributed by atoms with E-state index in [4.69, 9.17) is 0 Å². The van der Waals surface area contributed by atoms with Crippen molar-refractivity contribution >= 4 is 52.2 Å². The molecule has 43 heavy (non-hydrogen) atoms. The summed E-state index contributed by atoms with van der Waals surface area (Å²) in [4.78, 5) is 54.2. The van der Waals surface area contributed by atoms with E-state index in [1.807, 2.05) is 0 Å². The Hall–Kier alpha value is -4.30. The molecule has 0 spiro atoms. The molecule has 0 saturated carbocycles. The van der Waals surface area contributed by atoms with Gasteiger partial charge in [0.05, 0.1) is 27.9 Å². The molecule has 14 heteroatoms. The van der Waals surface area contributed by atoms with E-state index in [0.717, 1.165) is 56.8 Å². The van der Waals surface area contributed by atoms with Crippen molar-refractivity contribution in [3.8, 4) is 0 Å². The van der Waals surface area contributed by atoms with Crippen LogP contribution < -0.4 is 15.1 Å². The molecule has 1 aromatic heterocycles. The summed E-state index contributed by atoms with van der Waals surface area (Å²) in [6, 6.07) is 14.4. The second kappa shape index (κ2) is 10.8. The van der Waals surface area contributed by atoms with Gasteiger partial charge in [0.1, 0.15) is 23.4 Å². The van der Waals surface area contributed by atoms with Crippen molar-refractivity contribution in [1.82, 2.24) is 4.57 Å². The third kappa shape index (κ3) is 5.14. The van der Waals surface area contributed by atoms with Crippen LogP contribution in [-0.4, -0.2) is 27.5 Å². The minimum atomic E-state index is -4.73. The molecule has 3 atom stereocenters. The van der Waals surface area contributed by atoms with Crippen LogP contribution in [0.1, 0.15) is 21.9 Å². The number of aromatic nitrogens is 1. The van der Waals surface area contributed by atoms with Crippen LogP contribution in [0.2, 0.25) is 0 Å². The Morgan fingerprint density at radius 1 is 0.860 bits per heavy atom. The van der Waals surface area contributed by atoms with Crippen LogP contribution in [0.15, 0.2) is 82.6 Å². The molecule has 7 nitrogen and oxygen atoms in total. The number of hydrogen-bond acceptors (Lipinski definition) is 6. The summed E-state index contributed by atoms with van der Waals surface area (Å²) in [6.07, 6.45) is -4.73. The number of carbonyl (C=O) groups excluding carboxylic acids is 3. The Morgan fingerprint density at radius 2 is 1.49 bits per heavy atom. The van der Waals surface area contributed by atoms with Gasteiger partial charge in [0, 0.05) is 10.8 Å². The molecule has 3 amide bonds. The first-order valence-corrected chi connectivity index (χ1v) is 14.4. The van der Waals surface area contributed by atoms with Gasteiger partial charge in [-0.3, -0.25) is 23.7 Å². The molecule has 3 unspecified atom stereocenters. The van der Waals surface area contributed by atoms with Crippen LogP contribution in [-0.2, 0) is 27.1 Å². The molecule has 3 aromatic carbocycles. The van der Waals surface area contributed by atoms with Gasteiger partial charge >= 0.3 is 11.0 Å². The Bertz CT molecular complexity index is 1820. The highest BCUT2D eigenvalue weighted by molar-refractivity contribution is 8.00. The lowest BCUT2D eigenvalue weighted by atomic mass is 9.83. The molecule has 0 bridgehead atoms. The van der Waals surface area contributed by atoms with Crippen molar-refractivity contribution in [3.05, 3.63) is 110 Å². The summed E-state index contributed by atoms with van der Waals surface area (Å²) in [5.74, 6) is -5.14. The van der Waals surface area contributed by atoms with Crippen LogP contribution >= 0.6 is 23.1 Å². The first-order valence-electron chi connectivity index (χ1n) is 12.7. The number of nitrogens with one attached hydrogen (secondary N) is 1. The maximum Gasteiger partial charge on any atom is 0.418 e. The van der Waals surface area contributed by atoms with Gasteiger partial charge in [0.15, 0.2) is 0 Å². The smallest absolute Gasteiger partial charge is 0.324 e. The molecular weight excluding hydrogens is 613 g/mol. The van der Waals surface area contributed by atoms with Gasteiger partial charge < -0.3 is 5.32 Å². The summed E-state index contributed by atoms with van der Waals surface area (Å²) in [5, 5.41) is 1.35. The highest BCUT2D eigenvalue weighted by atomic mass is 32.2. The molecule has 1 saturated heterocycles. The van der Waals surface area contributed by atoms with Gasteiger partial charge in [-0.15, -0.1) is 0 Å². The van der Waals surface area contributed by atoms with Crippen molar-refractivity contribution in [1.29, 1.82) is 0 Å². The van der Waals surface area contributed by atoms with Gasteiger partial charge in [-0.05, 0) is 54.1 Å². The fourth-order valence-electron chi connectivity index (χ4n) is 5.30. The van der Waals surface area contributed by atoms with Crippen molar-refractivity contribution in [2.75, 3.05) is 10.2 Å². The topological polar surface area (TPSA) is 88.5 Å². The quantitative estimate of drug-likeness (QED) is 0.228. The normalized spacial score (nSPS) is 19.7. The standard InChI is InChI=1S/C29H18F5N3O4S2/c30-15-7-5-14(6-8-15)21-22-23(26(40)37(25(22)39)17-11-9-16(31)10-12-17)42-27-24(21)43-28(41)36(27)13-20(38)35-19-4-2-1-3-18(19)29(32,33)34/h1-12,21-23H,13H2,(H,35,38). The fraction of sp³-hybridized carbons (Fsp3) is 0.172. The lowest BCUT2D eigenvalue weighted by molar-refractivity contribution is -0.137. The predicted molar refractivity (Wildman–Crippen MR) is 149 cm³/mol. The Labute approximate surface area is 247 Å². The van der Waals surface area contributed by atoms with E-state index in [1.165, 1.54) is 48.5 Å². The highest BCUT2D eigenvalue weighted by Gasteiger charge is 2.56. The molecule has 1 fully saturated rings. The molecule has 220 valence electrons. The monoisotopic (exact) mass is 631 g/mol. The minimum absolute atomic E-state index is 0.146. The number of hydrogen-bond donors (Lipinski definition) is 1. The summed E-state index contributed by atoms with van der Waals surface area (Å²) < 4.78 is 68.8. The molecule has 0 radical (unpaired) electrons. The number of rotatable bonds is 5. The maximum absolute atomic E-state index is 13.8. The molecule has 2 aliphatic rings. The van der Waals surface area contributed by atoms with E-state index in [2.05, 4.69) is 5.32 Å². The average Bonchev–Trinajstić information content (AvgIpc) is 3.40. The first-order chi connectivity index (χ1) is 20.4. The van der Waals surface area contributed by atoms with Crippen molar-refractivity contribution in [2.45, 2.75) is 28.9 Å². The molecule has 0 aliphatic carbocycles. The number of thiazole rings is 1. The number of fused-ring (bicyclic) bond motifs is 2. The van der Waals surface area contributed by atoms with Crippen molar-refractivity contribution < 1.29 is 36.3 Å². The zero-order valence-electron chi connectivity index (χ0n) is 21.6. The molecule has 3 heterocycles. The fourth-order valence-corrected chi connectivity index (χ4v) is 8.08. The largest absolute Gasteiger partial charge is 0.418 e. The second-order valence-corrected chi connectivity index (χ2v) is 11.9. The summed E-state index contributed by atoms with van der Waals surface area (Å²) in [6.45, 7) is -0.665. The lowest BCUT2D eigenvalue weighted by Gasteiger charge is -2.30. The van der Waals surface area contributed by atoms with Gasteiger partial charge in [-0.1, -0.05) is 47.4 Å². The summed E-state index contributed by atoms with van der Waals surface area (Å²) in [7, 11) is 0. The number of benzene rings is 3. The Balaban J connectivity index is 1.39. The van der Waals surface area contributed by atoms with Crippen LogP contribution in [0.25, 0.3) is 0 Å². The van der Waals surface area contributed by atoms with E-state index in [-0.39, 0.29) is 10.7 Å². The number of halogens is 5. The third-order valence-corrected chi connectivity index (χ3v) is 9.78. The van der Waals surface area contributed by atoms with Crippen molar-refractivity contribution in [3.63, 3.8) is 0 Å². The number of alkyl halides is 3. The van der Waals surface area contributed by atoms with Crippen LogP contribution in [0.4, 0.5) is 33.3 Å². The van der Waals surface area contributed by atoms with E-state index in [0.29, 0.717) is 10.4 Å². The Kier molecular flexibility index (Phi) is 7.21. The second-order valence-electron chi connectivity index (χ2n) is 9.80. The molecule has 4 aromatic rings. The Morgan fingerprint density at radius 3 is 2.14 bits per heavy atom. The van der Waals surface area contributed by atoms with Gasteiger partial charge in [-0.2, -0.15) is 13.2 Å². The maximum atomic E-state index is 13.8. The SMILES string of the molecule is O=C(Cn1c2c(sc1=O)C(c1ccc(F)cc1)C1C(=O)N(c3ccc(F)cc3)C(=O)C1S2)Nc1ccccc1C(F)(F)F. The number of carbonyl (C=O) groups is 3. The molecule has 2 aliphatic heterocycles. The van der Waals surface area contributed by atoms with E-state index in [1.54, 1.807) is 0 Å². The average molecular weight is 632 g/mol. The van der Waals surface area contributed by atoms with Crippen molar-refractivity contribution in [2.24, 2.45) is 5.92 Å². The third-order valence-electron chi connectivity index (χ3n) is 7.17. The zero-order chi connectivity index (χ0) is 30.6. The van der Waals surface area contributed by atoms with E-state index < -0.39 is 75.3 Å². The minimum Gasteiger partial charge on any atom is -0.324 e. The van der Waals surface area contributed by atoms with Crippen LogP contribution in [0, 0.1) is 17.6 Å².